The Labute approximate surface area is 105 Å². The van der Waals surface area contributed by atoms with Gasteiger partial charge >= 0.3 is 0 Å². The lowest BCUT2D eigenvalue weighted by molar-refractivity contribution is 0.213. The molecule has 1 aromatic rings. The summed E-state index contributed by atoms with van der Waals surface area (Å²) in [7, 11) is 0. The Morgan fingerprint density at radius 1 is 1.33 bits per heavy atom. The standard InChI is InChI=1S/C11H13Cl3O/c1-2-3-9(7-12)15-11-5-4-8(13)6-10(11)14/h4-6,9H,2-3,7H2,1H3. The first-order chi connectivity index (χ1) is 7.17. The highest BCUT2D eigenvalue weighted by Gasteiger charge is 2.10. The van der Waals surface area contributed by atoms with Gasteiger partial charge in [0.15, 0.2) is 0 Å². The van der Waals surface area contributed by atoms with Crippen LogP contribution >= 0.6 is 34.8 Å². The second kappa shape index (κ2) is 6.47. The van der Waals surface area contributed by atoms with Crippen LogP contribution in [0.25, 0.3) is 0 Å². The molecule has 0 aliphatic carbocycles. The Balaban J connectivity index is 2.70. The van der Waals surface area contributed by atoms with Crippen molar-refractivity contribution in [2.75, 3.05) is 5.88 Å². The van der Waals surface area contributed by atoms with E-state index < -0.39 is 0 Å². The van der Waals surface area contributed by atoms with Crippen molar-refractivity contribution in [2.24, 2.45) is 0 Å². The fraction of sp³-hybridized carbons (Fsp3) is 0.455. The molecule has 0 saturated heterocycles. The maximum atomic E-state index is 5.98. The number of halogens is 3. The lowest BCUT2D eigenvalue weighted by Crippen LogP contribution is -2.18. The average molecular weight is 268 g/mol. The maximum Gasteiger partial charge on any atom is 0.138 e. The van der Waals surface area contributed by atoms with Crippen molar-refractivity contribution in [1.82, 2.24) is 0 Å². The largest absolute Gasteiger partial charge is 0.488 e. The number of benzene rings is 1. The minimum Gasteiger partial charge on any atom is -0.488 e. The van der Waals surface area contributed by atoms with Crippen LogP contribution < -0.4 is 4.74 Å². The number of ether oxygens (including phenoxy) is 1. The number of rotatable bonds is 5. The van der Waals surface area contributed by atoms with E-state index in [2.05, 4.69) is 6.92 Å². The predicted molar refractivity (Wildman–Crippen MR) is 66.5 cm³/mol. The minimum absolute atomic E-state index is 0.00958. The molecule has 1 rings (SSSR count). The molecule has 1 nitrogen and oxygen atoms in total. The van der Waals surface area contributed by atoms with Crippen LogP contribution in [0, 0.1) is 0 Å². The minimum atomic E-state index is 0.00958. The second-order valence-corrected chi connectivity index (χ2v) is 4.41. The molecule has 0 amide bonds. The van der Waals surface area contributed by atoms with Gasteiger partial charge in [-0.3, -0.25) is 0 Å². The highest BCUT2D eigenvalue weighted by molar-refractivity contribution is 6.35. The molecule has 1 atom stereocenters. The quantitative estimate of drug-likeness (QED) is 0.698. The summed E-state index contributed by atoms with van der Waals surface area (Å²) in [5.74, 6) is 1.10. The normalized spacial score (nSPS) is 12.5. The zero-order chi connectivity index (χ0) is 11.3. The van der Waals surface area contributed by atoms with E-state index >= 15 is 0 Å². The van der Waals surface area contributed by atoms with Gasteiger partial charge < -0.3 is 4.74 Å². The summed E-state index contributed by atoms with van der Waals surface area (Å²) in [6.45, 7) is 2.09. The fourth-order valence-electron chi connectivity index (χ4n) is 1.24. The van der Waals surface area contributed by atoms with Crippen LogP contribution in [0.5, 0.6) is 5.75 Å². The molecule has 0 bridgehead atoms. The van der Waals surface area contributed by atoms with E-state index in [1.807, 2.05) is 0 Å². The molecule has 0 heterocycles. The molecule has 1 unspecified atom stereocenters. The second-order valence-electron chi connectivity index (χ2n) is 3.26. The van der Waals surface area contributed by atoms with Gasteiger partial charge in [0.25, 0.3) is 0 Å². The first kappa shape index (κ1) is 13.0. The summed E-state index contributed by atoms with van der Waals surface area (Å²) in [4.78, 5) is 0. The van der Waals surface area contributed by atoms with E-state index in [1.165, 1.54) is 0 Å². The van der Waals surface area contributed by atoms with E-state index in [0.29, 0.717) is 21.7 Å². The SMILES string of the molecule is CCCC(CCl)Oc1ccc(Cl)cc1Cl. The van der Waals surface area contributed by atoms with Crippen LogP contribution in [-0.2, 0) is 0 Å². The van der Waals surface area contributed by atoms with Gasteiger partial charge in [-0.05, 0) is 24.6 Å². The summed E-state index contributed by atoms with van der Waals surface area (Å²) in [5.41, 5.74) is 0. The van der Waals surface area contributed by atoms with E-state index in [9.17, 15) is 0 Å². The molecular weight excluding hydrogens is 254 g/mol. The van der Waals surface area contributed by atoms with E-state index in [0.717, 1.165) is 12.8 Å². The zero-order valence-corrected chi connectivity index (χ0v) is 10.7. The molecule has 0 aliphatic rings. The summed E-state index contributed by atoms with van der Waals surface area (Å²) in [6.07, 6.45) is 1.96. The van der Waals surface area contributed by atoms with Gasteiger partial charge in [-0.2, -0.15) is 0 Å². The van der Waals surface area contributed by atoms with Gasteiger partial charge in [0.05, 0.1) is 10.9 Å². The lowest BCUT2D eigenvalue weighted by atomic mass is 10.2. The van der Waals surface area contributed by atoms with Crippen LogP contribution in [0.2, 0.25) is 10.0 Å². The third kappa shape index (κ3) is 4.10. The number of hydrogen-bond donors (Lipinski definition) is 0. The number of hydrogen-bond acceptors (Lipinski definition) is 1. The Bertz CT molecular complexity index is 315. The molecule has 84 valence electrons. The topological polar surface area (TPSA) is 9.23 Å². The Hall–Kier alpha value is -0.110. The van der Waals surface area contributed by atoms with Gasteiger partial charge in [0.1, 0.15) is 11.9 Å². The van der Waals surface area contributed by atoms with Crippen molar-refractivity contribution in [3.8, 4) is 5.75 Å². The molecule has 1 aromatic carbocycles. The summed E-state index contributed by atoms with van der Waals surface area (Å²) >= 11 is 17.5. The zero-order valence-electron chi connectivity index (χ0n) is 8.47. The molecular formula is C11H13Cl3O. The summed E-state index contributed by atoms with van der Waals surface area (Å²) < 4.78 is 5.67. The van der Waals surface area contributed by atoms with E-state index in [1.54, 1.807) is 18.2 Å². The highest BCUT2D eigenvalue weighted by Crippen LogP contribution is 2.28. The molecule has 4 heteroatoms. The first-order valence-corrected chi connectivity index (χ1v) is 6.14. The third-order valence-corrected chi connectivity index (χ3v) is 2.84. The van der Waals surface area contributed by atoms with Crippen LogP contribution in [0.15, 0.2) is 18.2 Å². The van der Waals surface area contributed by atoms with Gasteiger partial charge in [-0.1, -0.05) is 36.5 Å². The van der Waals surface area contributed by atoms with Crippen molar-refractivity contribution in [3.63, 3.8) is 0 Å². The Kier molecular flexibility index (Phi) is 5.59. The van der Waals surface area contributed by atoms with Crippen LogP contribution in [0.4, 0.5) is 0 Å². The molecule has 15 heavy (non-hydrogen) atoms. The third-order valence-electron chi connectivity index (χ3n) is 1.97. The van der Waals surface area contributed by atoms with E-state index in [4.69, 9.17) is 39.5 Å². The van der Waals surface area contributed by atoms with E-state index in [-0.39, 0.29) is 6.10 Å². The highest BCUT2D eigenvalue weighted by atomic mass is 35.5. The average Bonchev–Trinajstić information content (AvgIpc) is 2.21. The van der Waals surface area contributed by atoms with Crippen molar-refractivity contribution < 1.29 is 4.74 Å². The summed E-state index contributed by atoms with van der Waals surface area (Å²) in [6, 6.07) is 5.18. The molecule has 0 aromatic heterocycles. The Morgan fingerprint density at radius 2 is 2.07 bits per heavy atom. The van der Waals surface area contributed by atoms with Gasteiger partial charge in [-0.25, -0.2) is 0 Å². The fourth-order valence-corrected chi connectivity index (χ4v) is 1.91. The van der Waals surface area contributed by atoms with Gasteiger partial charge in [-0.15, -0.1) is 11.6 Å². The molecule has 0 spiro atoms. The molecule has 0 fully saturated rings. The first-order valence-electron chi connectivity index (χ1n) is 4.85. The number of alkyl halides is 1. The van der Waals surface area contributed by atoms with Gasteiger partial charge in [0, 0.05) is 5.02 Å². The lowest BCUT2D eigenvalue weighted by Gasteiger charge is -2.16. The van der Waals surface area contributed by atoms with Gasteiger partial charge in [0.2, 0.25) is 0 Å². The van der Waals surface area contributed by atoms with Crippen LogP contribution in [0.1, 0.15) is 19.8 Å². The predicted octanol–water partition coefficient (Wildman–Crippen LogP) is 4.78. The molecule has 0 aliphatic heterocycles. The van der Waals surface area contributed by atoms with Crippen LogP contribution in [0.3, 0.4) is 0 Å². The monoisotopic (exact) mass is 266 g/mol. The molecule has 0 N–H and O–H groups in total. The van der Waals surface area contributed by atoms with Crippen molar-refractivity contribution in [2.45, 2.75) is 25.9 Å². The smallest absolute Gasteiger partial charge is 0.138 e. The van der Waals surface area contributed by atoms with Crippen molar-refractivity contribution in [3.05, 3.63) is 28.2 Å². The molecule has 0 saturated carbocycles. The van der Waals surface area contributed by atoms with Crippen molar-refractivity contribution >= 4 is 34.8 Å². The van der Waals surface area contributed by atoms with Crippen molar-refractivity contribution in [1.29, 1.82) is 0 Å². The molecule has 0 radical (unpaired) electrons. The van der Waals surface area contributed by atoms with Crippen LogP contribution in [-0.4, -0.2) is 12.0 Å². The summed E-state index contributed by atoms with van der Waals surface area (Å²) in [5, 5.41) is 1.12. The maximum absolute atomic E-state index is 5.98. The Morgan fingerprint density at radius 3 is 2.60 bits per heavy atom.